The predicted molar refractivity (Wildman–Crippen MR) is 157 cm³/mol. The number of unbranched alkanes of at least 4 members (excludes halogenated alkanes) is 2. The van der Waals surface area contributed by atoms with Crippen LogP contribution in [0.2, 0.25) is 0 Å². The Morgan fingerprint density at radius 3 is 1.37 bits per heavy atom. The summed E-state index contributed by atoms with van der Waals surface area (Å²) in [7, 11) is -0.765. The zero-order chi connectivity index (χ0) is 25.9. The van der Waals surface area contributed by atoms with Gasteiger partial charge in [-0.05, 0) is 0 Å². The van der Waals surface area contributed by atoms with E-state index in [0.717, 1.165) is 74.7 Å². The van der Waals surface area contributed by atoms with Gasteiger partial charge in [0.1, 0.15) is 0 Å². The van der Waals surface area contributed by atoms with Gasteiger partial charge < -0.3 is 0 Å². The summed E-state index contributed by atoms with van der Waals surface area (Å²) in [6, 6.07) is 12.9. The van der Waals surface area contributed by atoms with E-state index in [1.165, 1.54) is 22.3 Å². The van der Waals surface area contributed by atoms with Crippen LogP contribution in [-0.2, 0) is 17.3 Å². The second kappa shape index (κ2) is 13.7. The van der Waals surface area contributed by atoms with Gasteiger partial charge in [-0.1, -0.05) is 0 Å². The van der Waals surface area contributed by atoms with Crippen LogP contribution in [0.5, 0.6) is 11.5 Å². The first-order chi connectivity index (χ1) is 16.8. The monoisotopic (exact) mass is 500 g/mol. The molecule has 0 spiro atoms. The summed E-state index contributed by atoms with van der Waals surface area (Å²) in [4.78, 5) is 0. The van der Waals surface area contributed by atoms with Crippen LogP contribution in [0.15, 0.2) is 36.4 Å². The maximum absolute atomic E-state index is 7.10. The molecule has 0 saturated heterocycles. The van der Waals surface area contributed by atoms with Gasteiger partial charge in [-0.15, -0.1) is 0 Å². The number of rotatable bonds is 16. The molecular formula is C30H50BO3P. The molecule has 0 fully saturated rings. The van der Waals surface area contributed by atoms with Gasteiger partial charge >= 0.3 is 217 Å². The summed E-state index contributed by atoms with van der Waals surface area (Å²) in [6.07, 6.45) is 10.7. The second-order valence-electron chi connectivity index (χ2n) is 10.2. The first kappa shape index (κ1) is 29.7. The zero-order valence-corrected chi connectivity index (χ0v) is 24.7. The number of hydrogen-bond acceptors (Lipinski definition) is 3. The van der Waals surface area contributed by atoms with E-state index in [1.807, 2.05) is 0 Å². The Morgan fingerprint density at radius 1 is 0.629 bits per heavy atom. The van der Waals surface area contributed by atoms with Gasteiger partial charge in [0, 0.05) is 0 Å². The number of hydrogen-bond donors (Lipinski definition) is 0. The Morgan fingerprint density at radius 2 is 1.03 bits per heavy atom. The van der Waals surface area contributed by atoms with Crippen molar-refractivity contribution in [3.8, 4) is 11.5 Å². The van der Waals surface area contributed by atoms with Crippen LogP contribution in [0.3, 0.4) is 0 Å². The molecule has 0 heterocycles. The van der Waals surface area contributed by atoms with E-state index >= 15 is 0 Å². The van der Waals surface area contributed by atoms with Gasteiger partial charge in [0.15, 0.2) is 0 Å². The average Bonchev–Trinajstić information content (AvgIpc) is 2.87. The fraction of sp³-hybridized carbons (Fsp3) is 0.600. The summed E-state index contributed by atoms with van der Waals surface area (Å²) in [6.45, 7) is 15.4. The van der Waals surface area contributed by atoms with Crippen LogP contribution in [0.4, 0.5) is 0 Å². The van der Waals surface area contributed by atoms with E-state index in [4.69, 9.17) is 13.7 Å². The standard InChI is InChI=1S/C30H50BO3P/c1-9-15-17-27-23-25(7)19-21-29(27)32-31(34-35(11-3,12-4,13-5)14-6)33-30-22-20-26(8)24-28(30)18-16-10-2/h19-24H,9-18H2,1-8H3. The molecule has 2 aromatic carbocycles. The molecule has 2 rings (SSSR count). The fourth-order valence-corrected chi connectivity index (χ4v) is 8.78. The van der Waals surface area contributed by atoms with Gasteiger partial charge in [-0.2, -0.15) is 0 Å². The zero-order valence-electron chi connectivity index (χ0n) is 23.8. The Hall–Kier alpha value is -1.51. The van der Waals surface area contributed by atoms with Crippen molar-refractivity contribution in [3.63, 3.8) is 0 Å². The molecule has 0 aliphatic carbocycles. The van der Waals surface area contributed by atoms with Gasteiger partial charge in [-0.3, -0.25) is 0 Å². The predicted octanol–water partition coefficient (Wildman–Crippen LogP) is 9.00. The quantitative estimate of drug-likeness (QED) is 0.170. The van der Waals surface area contributed by atoms with Gasteiger partial charge in [0.25, 0.3) is 0 Å². The molecule has 3 nitrogen and oxygen atoms in total. The average molecular weight is 501 g/mol. The molecule has 0 saturated carbocycles. The number of benzene rings is 2. The molecule has 0 bridgehead atoms. The van der Waals surface area contributed by atoms with Crippen LogP contribution in [0, 0.1) is 13.8 Å². The van der Waals surface area contributed by atoms with Crippen molar-refractivity contribution in [2.24, 2.45) is 0 Å². The van der Waals surface area contributed by atoms with Gasteiger partial charge in [-0.25, -0.2) is 0 Å². The van der Waals surface area contributed by atoms with Crippen LogP contribution < -0.4 is 9.31 Å². The van der Waals surface area contributed by atoms with E-state index in [1.54, 1.807) is 0 Å². The Labute approximate surface area is 216 Å². The second-order valence-corrected chi connectivity index (χ2v) is 16.6. The molecule has 196 valence electrons. The van der Waals surface area contributed by atoms with E-state index in [0.29, 0.717) is 0 Å². The molecule has 0 unspecified atom stereocenters. The van der Waals surface area contributed by atoms with Crippen LogP contribution in [0.25, 0.3) is 0 Å². The SMILES string of the molecule is CCCCc1cc(C)ccc1OB(Oc1ccc(C)cc1CCCC)OP(CC)(CC)(CC)CC. The molecular weight excluding hydrogens is 450 g/mol. The molecule has 35 heavy (non-hydrogen) atoms. The van der Waals surface area contributed by atoms with E-state index < -0.39 is 14.2 Å². The molecule has 0 aromatic heterocycles. The minimum absolute atomic E-state index is 0.765. The van der Waals surface area contributed by atoms with E-state index in [2.05, 4.69) is 91.8 Å². The van der Waals surface area contributed by atoms with Crippen molar-refractivity contribution < 1.29 is 13.7 Å². The summed E-state index contributed by atoms with van der Waals surface area (Å²) in [5.74, 6) is 1.76. The molecule has 0 aliphatic rings. The van der Waals surface area contributed by atoms with Crippen LogP contribution in [-0.4, -0.2) is 32.0 Å². The molecule has 0 aliphatic heterocycles. The Bertz CT molecular complexity index is 843. The van der Waals surface area contributed by atoms with Crippen molar-refractivity contribution in [1.82, 2.24) is 0 Å². The van der Waals surface area contributed by atoms with Crippen molar-refractivity contribution in [2.45, 2.75) is 93.9 Å². The Balaban J connectivity index is 2.51. The third-order valence-corrected chi connectivity index (χ3v) is 15.2. The molecule has 0 amide bonds. The van der Waals surface area contributed by atoms with Crippen LogP contribution >= 0.6 is 6.83 Å². The molecule has 2 aromatic rings. The topological polar surface area (TPSA) is 27.7 Å². The van der Waals surface area contributed by atoms with E-state index in [9.17, 15) is 0 Å². The summed E-state index contributed by atoms with van der Waals surface area (Å²) in [5.41, 5.74) is 4.98. The third-order valence-electron chi connectivity index (χ3n) is 8.06. The molecule has 0 radical (unpaired) electrons. The first-order valence-electron chi connectivity index (χ1n) is 14.0. The molecule has 0 N–H and O–H groups in total. The Kier molecular flexibility index (Phi) is 11.6. The maximum atomic E-state index is 7.10. The van der Waals surface area contributed by atoms with Gasteiger partial charge in [0.05, 0.1) is 0 Å². The van der Waals surface area contributed by atoms with Crippen molar-refractivity contribution >= 4 is 14.2 Å². The fourth-order valence-electron chi connectivity index (χ4n) is 4.93. The molecule has 0 atom stereocenters. The van der Waals surface area contributed by atoms with E-state index in [-0.39, 0.29) is 0 Å². The van der Waals surface area contributed by atoms with Crippen molar-refractivity contribution in [2.75, 3.05) is 24.6 Å². The number of aryl methyl sites for hydroxylation is 4. The minimum atomic E-state index is -2.46. The summed E-state index contributed by atoms with van der Waals surface area (Å²) < 4.78 is 20.4. The first-order valence-corrected chi connectivity index (χ1v) is 16.9. The summed E-state index contributed by atoms with van der Waals surface area (Å²) >= 11 is 0. The normalized spacial score (nSPS) is 12.7. The van der Waals surface area contributed by atoms with Gasteiger partial charge in [0.2, 0.25) is 0 Å². The van der Waals surface area contributed by atoms with Crippen molar-refractivity contribution in [3.05, 3.63) is 58.7 Å². The molecule has 5 heteroatoms. The van der Waals surface area contributed by atoms with Crippen LogP contribution in [0.1, 0.15) is 89.5 Å². The van der Waals surface area contributed by atoms with Crippen molar-refractivity contribution in [1.29, 1.82) is 0 Å². The summed E-state index contributed by atoms with van der Waals surface area (Å²) in [5, 5.41) is 0. The third kappa shape index (κ3) is 7.74.